The number of carboxylic acid groups (broad SMARTS) is 1. The molecule has 0 bridgehead atoms. The maximum absolute atomic E-state index is 12.1. The lowest BCUT2D eigenvalue weighted by Crippen LogP contribution is -2.20. The van der Waals surface area contributed by atoms with E-state index in [2.05, 4.69) is 10.6 Å². The molecular formula is C18H26N2O5. The fraction of sp³-hybridized carbons (Fsp3) is 0.500. The predicted molar refractivity (Wildman–Crippen MR) is 94.9 cm³/mol. The maximum Gasteiger partial charge on any atom is 0.335 e. The molecule has 138 valence electrons. The van der Waals surface area contributed by atoms with Crippen LogP contribution in [-0.4, -0.2) is 35.5 Å². The number of carbonyl (C=O) groups excluding carboxylic acids is 2. The van der Waals surface area contributed by atoms with Crippen LogP contribution in [0.15, 0.2) is 18.2 Å². The molecule has 7 heteroatoms. The monoisotopic (exact) mass is 350 g/mol. The number of amides is 2. The molecule has 0 heterocycles. The molecule has 0 saturated heterocycles. The van der Waals surface area contributed by atoms with E-state index in [0.29, 0.717) is 30.8 Å². The largest absolute Gasteiger partial charge is 0.489 e. The zero-order chi connectivity index (χ0) is 18.8. The quantitative estimate of drug-likeness (QED) is 0.563. The Morgan fingerprint density at radius 3 is 2.48 bits per heavy atom. The number of nitrogens with one attached hydrogen (secondary N) is 2. The van der Waals surface area contributed by atoms with Gasteiger partial charge in [0.1, 0.15) is 5.75 Å². The van der Waals surface area contributed by atoms with Crippen LogP contribution in [0.5, 0.6) is 5.75 Å². The van der Waals surface area contributed by atoms with E-state index in [1.165, 1.54) is 19.1 Å². The minimum Gasteiger partial charge on any atom is -0.489 e. The van der Waals surface area contributed by atoms with Crippen molar-refractivity contribution in [1.29, 1.82) is 0 Å². The molecule has 0 radical (unpaired) electrons. The zero-order valence-corrected chi connectivity index (χ0v) is 14.9. The molecule has 0 aliphatic rings. The highest BCUT2D eigenvalue weighted by atomic mass is 16.5. The Hall–Kier alpha value is -2.57. The van der Waals surface area contributed by atoms with Crippen molar-refractivity contribution in [2.45, 2.75) is 52.6 Å². The Labute approximate surface area is 147 Å². The van der Waals surface area contributed by atoms with E-state index in [-0.39, 0.29) is 23.5 Å². The number of carboxylic acids is 1. The molecule has 1 aromatic rings. The van der Waals surface area contributed by atoms with Crippen LogP contribution in [0, 0.1) is 0 Å². The van der Waals surface area contributed by atoms with Crippen LogP contribution in [0.4, 0.5) is 5.69 Å². The third kappa shape index (κ3) is 8.19. The van der Waals surface area contributed by atoms with Gasteiger partial charge in [0.2, 0.25) is 11.8 Å². The van der Waals surface area contributed by atoms with Gasteiger partial charge in [0.25, 0.3) is 0 Å². The summed E-state index contributed by atoms with van der Waals surface area (Å²) in [5.41, 5.74) is 0.443. The maximum atomic E-state index is 12.1. The van der Waals surface area contributed by atoms with E-state index >= 15 is 0 Å². The summed E-state index contributed by atoms with van der Waals surface area (Å²) in [6.07, 6.45) is 2.53. The molecule has 1 rings (SSSR count). The lowest BCUT2D eigenvalue weighted by Gasteiger charge is -2.15. The lowest BCUT2D eigenvalue weighted by atomic mass is 10.1. The minimum atomic E-state index is -1.07. The van der Waals surface area contributed by atoms with Crippen LogP contribution in [-0.2, 0) is 9.59 Å². The van der Waals surface area contributed by atoms with E-state index in [1.54, 1.807) is 6.07 Å². The first-order chi connectivity index (χ1) is 11.8. The number of benzene rings is 1. The second kappa shape index (κ2) is 10.3. The summed E-state index contributed by atoms with van der Waals surface area (Å²) in [5.74, 6) is -0.881. The van der Waals surface area contributed by atoms with Gasteiger partial charge in [0, 0.05) is 19.9 Å². The van der Waals surface area contributed by atoms with Gasteiger partial charge in [-0.25, -0.2) is 4.79 Å². The summed E-state index contributed by atoms with van der Waals surface area (Å²) in [4.78, 5) is 33.9. The molecule has 0 saturated carbocycles. The molecule has 3 N–H and O–H groups in total. The minimum absolute atomic E-state index is 0.0614. The first-order valence-corrected chi connectivity index (χ1v) is 8.38. The Kier molecular flexibility index (Phi) is 8.46. The second-order valence-electron chi connectivity index (χ2n) is 6.02. The third-order valence-electron chi connectivity index (χ3n) is 3.32. The van der Waals surface area contributed by atoms with Gasteiger partial charge in [-0.1, -0.05) is 6.42 Å². The van der Waals surface area contributed by atoms with Crippen molar-refractivity contribution in [1.82, 2.24) is 5.32 Å². The van der Waals surface area contributed by atoms with E-state index < -0.39 is 5.97 Å². The Bertz CT molecular complexity index is 613. The summed E-state index contributed by atoms with van der Waals surface area (Å²) in [6.45, 7) is 5.77. The summed E-state index contributed by atoms with van der Waals surface area (Å²) in [6, 6.07) is 4.39. The summed E-state index contributed by atoms with van der Waals surface area (Å²) in [7, 11) is 0. The van der Waals surface area contributed by atoms with E-state index in [4.69, 9.17) is 9.84 Å². The lowest BCUT2D eigenvalue weighted by molar-refractivity contribution is -0.119. The molecule has 0 aliphatic heterocycles. The van der Waals surface area contributed by atoms with Crippen molar-refractivity contribution in [3.8, 4) is 5.75 Å². The first-order valence-electron chi connectivity index (χ1n) is 8.38. The number of ether oxygens (including phenoxy) is 1. The number of aromatic carboxylic acids is 1. The van der Waals surface area contributed by atoms with Crippen LogP contribution in [0.25, 0.3) is 0 Å². The normalized spacial score (nSPS) is 10.4. The highest BCUT2D eigenvalue weighted by Crippen LogP contribution is 2.27. The highest BCUT2D eigenvalue weighted by Gasteiger charge is 2.13. The molecule has 0 fully saturated rings. The molecule has 0 spiro atoms. The van der Waals surface area contributed by atoms with Crippen molar-refractivity contribution < 1.29 is 24.2 Å². The molecule has 7 nitrogen and oxygen atoms in total. The average molecular weight is 350 g/mol. The van der Waals surface area contributed by atoms with Gasteiger partial charge >= 0.3 is 5.97 Å². The van der Waals surface area contributed by atoms with Gasteiger partial charge in [0.15, 0.2) is 0 Å². The van der Waals surface area contributed by atoms with Crippen molar-refractivity contribution in [2.75, 3.05) is 11.9 Å². The standard InChI is InChI=1S/C18H26N2O5/c1-12(2)25-16-9-8-14(18(23)24)11-15(16)20-17(22)7-5-4-6-10-19-13(3)21/h8-9,11-12H,4-7,10H2,1-3H3,(H,19,21)(H,20,22)(H,23,24). The van der Waals surface area contributed by atoms with Gasteiger partial charge in [-0.3, -0.25) is 9.59 Å². The van der Waals surface area contributed by atoms with E-state index in [9.17, 15) is 14.4 Å². The van der Waals surface area contributed by atoms with Gasteiger partial charge in [-0.05, 0) is 44.9 Å². The number of anilines is 1. The van der Waals surface area contributed by atoms with E-state index in [1.807, 2.05) is 13.8 Å². The topological polar surface area (TPSA) is 105 Å². The summed E-state index contributed by atoms with van der Waals surface area (Å²) in [5, 5.41) is 14.5. The molecule has 2 amide bonds. The molecule has 1 aromatic carbocycles. The van der Waals surface area contributed by atoms with Crippen LogP contribution < -0.4 is 15.4 Å². The van der Waals surface area contributed by atoms with Crippen molar-refractivity contribution in [3.05, 3.63) is 23.8 Å². The number of rotatable bonds is 10. The molecule has 0 atom stereocenters. The average Bonchev–Trinajstić information content (AvgIpc) is 2.51. The number of hydrogen-bond donors (Lipinski definition) is 3. The molecule has 0 aromatic heterocycles. The van der Waals surface area contributed by atoms with Crippen LogP contribution in [0.1, 0.15) is 56.8 Å². The fourth-order valence-corrected chi connectivity index (χ4v) is 2.18. The van der Waals surface area contributed by atoms with Crippen molar-refractivity contribution in [3.63, 3.8) is 0 Å². The zero-order valence-electron chi connectivity index (χ0n) is 14.9. The smallest absolute Gasteiger partial charge is 0.335 e. The number of hydrogen-bond acceptors (Lipinski definition) is 4. The van der Waals surface area contributed by atoms with Gasteiger partial charge in [0.05, 0.1) is 17.4 Å². The highest BCUT2D eigenvalue weighted by molar-refractivity contribution is 5.95. The van der Waals surface area contributed by atoms with Crippen LogP contribution in [0.3, 0.4) is 0 Å². The second-order valence-corrected chi connectivity index (χ2v) is 6.02. The van der Waals surface area contributed by atoms with Gasteiger partial charge in [-0.2, -0.15) is 0 Å². The Morgan fingerprint density at radius 1 is 1.16 bits per heavy atom. The van der Waals surface area contributed by atoms with E-state index in [0.717, 1.165) is 12.8 Å². The van der Waals surface area contributed by atoms with Crippen LogP contribution in [0.2, 0.25) is 0 Å². The molecule has 0 aliphatic carbocycles. The SMILES string of the molecule is CC(=O)NCCCCCC(=O)Nc1cc(C(=O)O)ccc1OC(C)C. The Morgan fingerprint density at radius 2 is 1.88 bits per heavy atom. The predicted octanol–water partition coefficient (Wildman–Crippen LogP) is 2.81. The number of carbonyl (C=O) groups is 3. The molecular weight excluding hydrogens is 324 g/mol. The van der Waals surface area contributed by atoms with Crippen molar-refractivity contribution >= 4 is 23.5 Å². The summed E-state index contributed by atoms with van der Waals surface area (Å²) < 4.78 is 5.61. The first kappa shape index (κ1) is 20.5. The Balaban J connectivity index is 2.57. The number of unbranched alkanes of at least 4 members (excludes halogenated alkanes) is 2. The fourth-order valence-electron chi connectivity index (χ4n) is 2.18. The van der Waals surface area contributed by atoms with Crippen LogP contribution >= 0.6 is 0 Å². The van der Waals surface area contributed by atoms with Gasteiger partial charge in [-0.15, -0.1) is 0 Å². The molecule has 25 heavy (non-hydrogen) atoms. The third-order valence-corrected chi connectivity index (χ3v) is 3.32. The molecule has 0 unspecified atom stereocenters. The van der Waals surface area contributed by atoms with Gasteiger partial charge < -0.3 is 20.5 Å². The summed E-state index contributed by atoms with van der Waals surface area (Å²) >= 11 is 0. The van der Waals surface area contributed by atoms with Crippen molar-refractivity contribution in [2.24, 2.45) is 0 Å².